The molecule has 0 aliphatic heterocycles. The van der Waals surface area contributed by atoms with E-state index < -0.39 is 18.2 Å². The Balaban J connectivity index is 4.59. The van der Waals surface area contributed by atoms with E-state index >= 15 is 0 Å². The van der Waals surface area contributed by atoms with Gasteiger partial charge in [0.2, 0.25) is 5.91 Å². The summed E-state index contributed by atoms with van der Waals surface area (Å²) >= 11 is 0. The fourth-order valence-electron chi connectivity index (χ4n) is 7.88. The van der Waals surface area contributed by atoms with E-state index in [-0.39, 0.29) is 24.9 Å². The number of unbranched alkanes of at least 4 members (excludes halogenated alkanes) is 27. The Kier molecular flexibility index (Phi) is 47.1. The second-order valence-corrected chi connectivity index (χ2v) is 17.9. The van der Waals surface area contributed by atoms with Crippen LogP contribution in [-0.4, -0.2) is 46.9 Å². The molecule has 0 aliphatic carbocycles. The van der Waals surface area contributed by atoms with Gasteiger partial charge in [0.1, 0.15) is 6.10 Å². The molecule has 1 amide bonds. The highest BCUT2D eigenvalue weighted by Gasteiger charge is 2.24. The second-order valence-electron chi connectivity index (χ2n) is 17.9. The summed E-state index contributed by atoms with van der Waals surface area (Å²) in [5.41, 5.74) is 0. The fraction of sp³-hybridized carbons (Fsp3) is 0.818. The lowest BCUT2D eigenvalue weighted by atomic mass is 10.0. The minimum absolute atomic E-state index is 0.0670. The van der Waals surface area contributed by atoms with Crippen molar-refractivity contribution in [3.05, 3.63) is 48.6 Å². The first-order valence-electron chi connectivity index (χ1n) is 26.4. The van der Waals surface area contributed by atoms with Gasteiger partial charge in [0.05, 0.1) is 25.2 Å². The molecule has 0 radical (unpaired) electrons. The average molecular weight is 856 g/mol. The van der Waals surface area contributed by atoms with E-state index in [0.29, 0.717) is 19.3 Å². The van der Waals surface area contributed by atoms with E-state index in [4.69, 9.17) is 4.74 Å². The second kappa shape index (κ2) is 48.8. The topological polar surface area (TPSA) is 95.9 Å². The Morgan fingerprint density at radius 2 is 0.836 bits per heavy atom. The van der Waals surface area contributed by atoms with Crippen molar-refractivity contribution < 1.29 is 24.5 Å². The summed E-state index contributed by atoms with van der Waals surface area (Å²) in [5, 5.41) is 23.7. The van der Waals surface area contributed by atoms with Crippen LogP contribution >= 0.6 is 0 Å². The third-order valence-electron chi connectivity index (χ3n) is 11.9. The largest absolute Gasteiger partial charge is 0.462 e. The molecule has 3 atom stereocenters. The van der Waals surface area contributed by atoms with E-state index in [1.165, 1.54) is 141 Å². The van der Waals surface area contributed by atoms with Crippen molar-refractivity contribution in [3.8, 4) is 0 Å². The number of rotatable bonds is 47. The minimum atomic E-state index is -0.790. The molecule has 0 fully saturated rings. The Morgan fingerprint density at radius 3 is 1.28 bits per heavy atom. The van der Waals surface area contributed by atoms with E-state index in [1.54, 1.807) is 0 Å². The van der Waals surface area contributed by atoms with Crippen molar-refractivity contribution in [3.63, 3.8) is 0 Å². The van der Waals surface area contributed by atoms with Gasteiger partial charge in [0, 0.05) is 6.42 Å². The number of hydrogen-bond donors (Lipinski definition) is 3. The van der Waals surface area contributed by atoms with Crippen molar-refractivity contribution in [2.45, 2.75) is 283 Å². The number of ether oxygens (including phenoxy) is 1. The van der Waals surface area contributed by atoms with Crippen molar-refractivity contribution in [1.82, 2.24) is 5.32 Å². The molecule has 0 aromatic rings. The van der Waals surface area contributed by atoms with Crippen LogP contribution in [0, 0.1) is 0 Å². The van der Waals surface area contributed by atoms with Crippen LogP contribution in [0.25, 0.3) is 0 Å². The highest BCUT2D eigenvalue weighted by atomic mass is 16.5. The quantitative estimate of drug-likeness (QED) is 0.0322. The molecule has 0 bridgehead atoms. The van der Waals surface area contributed by atoms with Gasteiger partial charge in [-0.25, -0.2) is 0 Å². The number of hydrogen-bond acceptors (Lipinski definition) is 5. The normalized spacial score (nSPS) is 13.6. The standard InChI is InChI=1S/C55H101NO5/c1-4-7-10-13-16-19-21-23-25-26-27-28-29-31-33-36-39-42-45-48-55(60)61-51(46-43-40-37-35-32-30-24-22-20-17-14-11-8-5-2)49-54(59)56-52(50-57)53(58)47-44-41-38-34-18-15-12-9-6-3/h16,19,23,25,27-28,31,33,51-53,57-58H,4-15,17-18,20-22,24,26,29-30,32,34-50H2,1-3H3,(H,56,59)/b19-16-,25-23-,28-27-,33-31-. The Labute approximate surface area is 378 Å². The molecule has 0 aromatic carbocycles. The zero-order valence-electron chi connectivity index (χ0n) is 40.5. The maximum Gasteiger partial charge on any atom is 0.306 e. The average Bonchev–Trinajstić information content (AvgIpc) is 3.25. The number of allylic oxidation sites excluding steroid dienone is 8. The molecule has 0 aliphatic rings. The molecule has 61 heavy (non-hydrogen) atoms. The first-order valence-corrected chi connectivity index (χ1v) is 26.4. The number of aliphatic hydroxyl groups is 2. The molecular formula is C55H101NO5. The van der Waals surface area contributed by atoms with Crippen LogP contribution in [-0.2, 0) is 14.3 Å². The van der Waals surface area contributed by atoms with E-state index in [1.807, 2.05) is 0 Å². The predicted octanol–water partition coefficient (Wildman–Crippen LogP) is 15.8. The number of carbonyl (C=O) groups is 2. The van der Waals surface area contributed by atoms with Gasteiger partial charge in [-0.15, -0.1) is 0 Å². The molecule has 0 heterocycles. The first kappa shape index (κ1) is 58.8. The van der Waals surface area contributed by atoms with Crippen molar-refractivity contribution >= 4 is 11.9 Å². The van der Waals surface area contributed by atoms with E-state index in [0.717, 1.165) is 77.0 Å². The third-order valence-corrected chi connectivity index (χ3v) is 11.9. The fourth-order valence-corrected chi connectivity index (χ4v) is 7.88. The number of carbonyl (C=O) groups excluding carboxylic acids is 2. The highest BCUT2D eigenvalue weighted by molar-refractivity contribution is 5.77. The molecule has 6 nitrogen and oxygen atoms in total. The lowest BCUT2D eigenvalue weighted by Crippen LogP contribution is -2.46. The summed E-state index contributed by atoms with van der Waals surface area (Å²) < 4.78 is 5.93. The Bertz CT molecular complexity index is 1050. The van der Waals surface area contributed by atoms with Gasteiger partial charge in [-0.1, -0.05) is 230 Å². The van der Waals surface area contributed by atoms with Crippen LogP contribution in [0.15, 0.2) is 48.6 Å². The number of amides is 1. The zero-order valence-corrected chi connectivity index (χ0v) is 40.5. The van der Waals surface area contributed by atoms with Crippen LogP contribution in [0.5, 0.6) is 0 Å². The van der Waals surface area contributed by atoms with E-state index in [2.05, 4.69) is 74.7 Å². The van der Waals surface area contributed by atoms with Crippen molar-refractivity contribution in [1.29, 1.82) is 0 Å². The summed E-state index contributed by atoms with van der Waals surface area (Å²) in [4.78, 5) is 26.1. The maximum atomic E-state index is 13.2. The lowest BCUT2D eigenvalue weighted by Gasteiger charge is -2.24. The maximum absolute atomic E-state index is 13.2. The smallest absolute Gasteiger partial charge is 0.306 e. The lowest BCUT2D eigenvalue weighted by molar-refractivity contribution is -0.151. The summed E-state index contributed by atoms with van der Waals surface area (Å²) in [6.45, 7) is 6.44. The van der Waals surface area contributed by atoms with Crippen LogP contribution in [0.1, 0.15) is 265 Å². The summed E-state index contributed by atoms with van der Waals surface area (Å²) in [7, 11) is 0. The summed E-state index contributed by atoms with van der Waals surface area (Å²) in [6, 6.07) is -0.705. The molecule has 0 saturated carbocycles. The monoisotopic (exact) mass is 856 g/mol. The van der Waals surface area contributed by atoms with Gasteiger partial charge in [0.15, 0.2) is 0 Å². The Hall–Kier alpha value is -2.18. The number of nitrogens with one attached hydrogen (secondary N) is 1. The van der Waals surface area contributed by atoms with Gasteiger partial charge in [0.25, 0.3) is 0 Å². The molecule has 3 N–H and O–H groups in total. The Morgan fingerprint density at radius 1 is 0.475 bits per heavy atom. The molecule has 356 valence electrons. The molecule has 0 saturated heterocycles. The van der Waals surface area contributed by atoms with Gasteiger partial charge in [-0.05, 0) is 70.6 Å². The van der Waals surface area contributed by atoms with Gasteiger partial charge >= 0.3 is 5.97 Å². The van der Waals surface area contributed by atoms with Gasteiger partial charge in [-0.3, -0.25) is 9.59 Å². The van der Waals surface area contributed by atoms with Crippen LogP contribution in [0.4, 0.5) is 0 Å². The number of esters is 1. The highest BCUT2D eigenvalue weighted by Crippen LogP contribution is 2.18. The molecule has 0 spiro atoms. The molecule has 6 heteroatoms. The van der Waals surface area contributed by atoms with Crippen LogP contribution < -0.4 is 5.32 Å². The third kappa shape index (κ3) is 44.2. The SMILES string of the molecule is CCCCC/C=C\C/C=C\C/C=C\C/C=C\CCCCCC(=O)OC(CCCCCCCCCCCCCCCC)CC(=O)NC(CO)C(O)CCCCCCCCCCC. The van der Waals surface area contributed by atoms with Gasteiger partial charge in [-0.2, -0.15) is 0 Å². The van der Waals surface area contributed by atoms with Gasteiger partial charge < -0.3 is 20.3 Å². The predicted molar refractivity (Wildman–Crippen MR) is 264 cm³/mol. The zero-order chi connectivity index (χ0) is 44.5. The molecular weight excluding hydrogens is 755 g/mol. The van der Waals surface area contributed by atoms with Crippen molar-refractivity contribution in [2.24, 2.45) is 0 Å². The van der Waals surface area contributed by atoms with Crippen LogP contribution in [0.3, 0.4) is 0 Å². The summed E-state index contributed by atoms with van der Waals surface area (Å²) in [5.74, 6) is -0.502. The summed E-state index contributed by atoms with van der Waals surface area (Å²) in [6.07, 6.45) is 58.9. The molecule has 0 aromatic heterocycles. The van der Waals surface area contributed by atoms with Crippen LogP contribution in [0.2, 0.25) is 0 Å². The molecule has 3 unspecified atom stereocenters. The first-order chi connectivity index (χ1) is 30.0. The molecule has 0 rings (SSSR count). The van der Waals surface area contributed by atoms with E-state index in [9.17, 15) is 19.8 Å². The van der Waals surface area contributed by atoms with Crippen molar-refractivity contribution in [2.75, 3.05) is 6.61 Å². The minimum Gasteiger partial charge on any atom is -0.462 e. The number of aliphatic hydroxyl groups excluding tert-OH is 2.